The SMILES string of the molecule is C=C(C/C=C\C)CC(C)(C)C. The summed E-state index contributed by atoms with van der Waals surface area (Å²) < 4.78 is 0. The van der Waals surface area contributed by atoms with Crippen molar-refractivity contribution in [1.82, 2.24) is 0 Å². The van der Waals surface area contributed by atoms with Crippen LogP contribution in [-0.4, -0.2) is 0 Å². The van der Waals surface area contributed by atoms with Crippen LogP contribution in [0.3, 0.4) is 0 Å². The Morgan fingerprint density at radius 1 is 1.36 bits per heavy atom. The molecular formula is C11H20. The zero-order chi connectivity index (χ0) is 8.91. The van der Waals surface area contributed by atoms with Gasteiger partial charge < -0.3 is 0 Å². The highest BCUT2D eigenvalue weighted by atomic mass is 14.2. The standard InChI is InChI=1S/C11H20/c1-6-7-8-10(2)9-11(3,4)5/h6-7H,2,8-9H2,1,3-5H3/b7-6-. The zero-order valence-corrected chi connectivity index (χ0v) is 8.28. The third kappa shape index (κ3) is 7.38. The Bertz CT molecular complexity index is 144. The first-order valence-electron chi connectivity index (χ1n) is 4.23. The van der Waals surface area contributed by atoms with Gasteiger partial charge in [-0.1, -0.05) is 45.1 Å². The van der Waals surface area contributed by atoms with E-state index in [1.807, 2.05) is 6.92 Å². The van der Waals surface area contributed by atoms with Crippen LogP contribution in [0.2, 0.25) is 0 Å². The van der Waals surface area contributed by atoms with Gasteiger partial charge in [0.1, 0.15) is 0 Å². The molecule has 0 saturated carbocycles. The van der Waals surface area contributed by atoms with Crippen LogP contribution in [0.15, 0.2) is 24.3 Å². The number of rotatable bonds is 3. The smallest absolute Gasteiger partial charge is 0.0141 e. The van der Waals surface area contributed by atoms with Gasteiger partial charge in [-0.25, -0.2) is 0 Å². The van der Waals surface area contributed by atoms with Crippen molar-refractivity contribution in [3.05, 3.63) is 24.3 Å². The van der Waals surface area contributed by atoms with Gasteiger partial charge in [-0.15, -0.1) is 0 Å². The van der Waals surface area contributed by atoms with Crippen LogP contribution >= 0.6 is 0 Å². The molecule has 0 atom stereocenters. The van der Waals surface area contributed by atoms with Crippen LogP contribution in [0.1, 0.15) is 40.5 Å². The maximum Gasteiger partial charge on any atom is -0.0141 e. The van der Waals surface area contributed by atoms with Crippen molar-refractivity contribution >= 4 is 0 Å². The maximum atomic E-state index is 4.03. The number of hydrogen-bond acceptors (Lipinski definition) is 0. The van der Waals surface area contributed by atoms with Gasteiger partial charge in [-0.3, -0.25) is 0 Å². The molecule has 0 aromatic carbocycles. The fourth-order valence-electron chi connectivity index (χ4n) is 1.11. The van der Waals surface area contributed by atoms with Crippen molar-refractivity contribution in [2.24, 2.45) is 5.41 Å². The van der Waals surface area contributed by atoms with Crippen molar-refractivity contribution in [2.45, 2.75) is 40.5 Å². The molecular weight excluding hydrogens is 132 g/mol. The van der Waals surface area contributed by atoms with Crippen molar-refractivity contribution < 1.29 is 0 Å². The molecule has 0 rings (SSSR count). The molecule has 0 bridgehead atoms. The Kier molecular flexibility index (Phi) is 4.17. The average Bonchev–Trinajstić information content (AvgIpc) is 1.79. The quantitative estimate of drug-likeness (QED) is 0.537. The van der Waals surface area contributed by atoms with Crippen molar-refractivity contribution in [1.29, 1.82) is 0 Å². The van der Waals surface area contributed by atoms with E-state index >= 15 is 0 Å². The molecule has 0 unspecified atom stereocenters. The second-order valence-corrected chi connectivity index (χ2v) is 4.26. The lowest BCUT2D eigenvalue weighted by Crippen LogP contribution is -2.05. The third-order valence-corrected chi connectivity index (χ3v) is 1.42. The van der Waals surface area contributed by atoms with Gasteiger partial charge >= 0.3 is 0 Å². The Morgan fingerprint density at radius 2 is 1.91 bits per heavy atom. The summed E-state index contributed by atoms with van der Waals surface area (Å²) in [5, 5.41) is 0. The van der Waals surface area contributed by atoms with Gasteiger partial charge in [-0.2, -0.15) is 0 Å². The summed E-state index contributed by atoms with van der Waals surface area (Å²) >= 11 is 0. The van der Waals surface area contributed by atoms with E-state index in [1.165, 1.54) is 5.57 Å². The number of allylic oxidation sites excluding steroid dienone is 3. The van der Waals surface area contributed by atoms with Crippen LogP contribution in [0.4, 0.5) is 0 Å². The van der Waals surface area contributed by atoms with Gasteiger partial charge in [0.15, 0.2) is 0 Å². The fraction of sp³-hybridized carbons (Fsp3) is 0.636. The van der Waals surface area contributed by atoms with Crippen molar-refractivity contribution in [2.75, 3.05) is 0 Å². The molecule has 64 valence electrons. The summed E-state index contributed by atoms with van der Waals surface area (Å²) in [5.74, 6) is 0. The van der Waals surface area contributed by atoms with Gasteiger partial charge in [0.05, 0.1) is 0 Å². The van der Waals surface area contributed by atoms with Gasteiger partial charge in [0.2, 0.25) is 0 Å². The number of hydrogen-bond donors (Lipinski definition) is 0. The normalized spacial score (nSPS) is 12.4. The van der Waals surface area contributed by atoms with E-state index in [0.717, 1.165) is 12.8 Å². The lowest BCUT2D eigenvalue weighted by molar-refractivity contribution is 0.407. The molecule has 0 nitrogen and oxygen atoms in total. The molecule has 0 aliphatic rings. The summed E-state index contributed by atoms with van der Waals surface area (Å²) in [6, 6.07) is 0. The minimum absolute atomic E-state index is 0.388. The molecule has 0 N–H and O–H groups in total. The molecule has 11 heavy (non-hydrogen) atoms. The molecule has 0 fully saturated rings. The molecule has 0 heterocycles. The molecule has 0 aromatic rings. The average molecular weight is 152 g/mol. The summed E-state index contributed by atoms with van der Waals surface area (Å²) in [5.41, 5.74) is 1.72. The Labute approximate surface area is 71.0 Å². The topological polar surface area (TPSA) is 0 Å². The molecule has 0 aromatic heterocycles. The Hall–Kier alpha value is -0.520. The Balaban J connectivity index is 3.70. The van der Waals surface area contributed by atoms with Gasteiger partial charge in [-0.05, 0) is 25.2 Å². The highest BCUT2D eigenvalue weighted by molar-refractivity contribution is 5.03. The predicted octanol–water partition coefficient (Wildman–Crippen LogP) is 3.95. The van der Waals surface area contributed by atoms with E-state index in [2.05, 4.69) is 39.5 Å². The lowest BCUT2D eigenvalue weighted by Gasteiger charge is -2.18. The molecule has 0 radical (unpaired) electrons. The van der Waals surface area contributed by atoms with Crippen LogP contribution in [-0.2, 0) is 0 Å². The predicted molar refractivity (Wildman–Crippen MR) is 52.6 cm³/mol. The van der Waals surface area contributed by atoms with Gasteiger partial charge in [0, 0.05) is 0 Å². The van der Waals surface area contributed by atoms with Gasteiger partial charge in [0.25, 0.3) is 0 Å². The third-order valence-electron chi connectivity index (χ3n) is 1.42. The van der Waals surface area contributed by atoms with Crippen LogP contribution < -0.4 is 0 Å². The highest BCUT2D eigenvalue weighted by Crippen LogP contribution is 2.24. The van der Waals surface area contributed by atoms with Crippen LogP contribution in [0, 0.1) is 5.41 Å². The first kappa shape index (κ1) is 10.5. The molecule has 0 aliphatic heterocycles. The minimum Gasteiger partial charge on any atom is -0.0995 e. The van der Waals surface area contributed by atoms with Crippen molar-refractivity contribution in [3.8, 4) is 0 Å². The monoisotopic (exact) mass is 152 g/mol. The Morgan fingerprint density at radius 3 is 2.27 bits per heavy atom. The first-order chi connectivity index (χ1) is 4.95. The second kappa shape index (κ2) is 4.38. The van der Waals surface area contributed by atoms with Crippen molar-refractivity contribution in [3.63, 3.8) is 0 Å². The summed E-state index contributed by atoms with van der Waals surface area (Å²) in [7, 11) is 0. The molecule has 0 heteroatoms. The molecule has 0 amide bonds. The summed E-state index contributed by atoms with van der Waals surface area (Å²) in [6.07, 6.45) is 6.40. The lowest BCUT2D eigenvalue weighted by atomic mass is 9.87. The summed E-state index contributed by atoms with van der Waals surface area (Å²) in [4.78, 5) is 0. The minimum atomic E-state index is 0.388. The first-order valence-corrected chi connectivity index (χ1v) is 4.23. The highest BCUT2D eigenvalue weighted by Gasteiger charge is 2.10. The summed E-state index contributed by atoms with van der Waals surface area (Å²) in [6.45, 7) is 12.8. The van der Waals surface area contributed by atoms with E-state index in [-0.39, 0.29) is 0 Å². The molecule has 0 aliphatic carbocycles. The largest absolute Gasteiger partial charge is 0.0995 e. The fourth-order valence-corrected chi connectivity index (χ4v) is 1.11. The van der Waals surface area contributed by atoms with Crippen LogP contribution in [0.5, 0.6) is 0 Å². The van der Waals surface area contributed by atoms with Crippen LogP contribution in [0.25, 0.3) is 0 Å². The molecule has 0 saturated heterocycles. The van der Waals surface area contributed by atoms with E-state index in [0.29, 0.717) is 5.41 Å². The maximum absolute atomic E-state index is 4.03. The van der Waals surface area contributed by atoms with E-state index < -0.39 is 0 Å². The zero-order valence-electron chi connectivity index (χ0n) is 8.28. The van der Waals surface area contributed by atoms with E-state index in [1.54, 1.807) is 0 Å². The molecule has 0 spiro atoms. The van der Waals surface area contributed by atoms with E-state index in [9.17, 15) is 0 Å². The second-order valence-electron chi connectivity index (χ2n) is 4.26. The van der Waals surface area contributed by atoms with E-state index in [4.69, 9.17) is 0 Å².